The van der Waals surface area contributed by atoms with E-state index in [1.165, 1.54) is 14.1 Å². The van der Waals surface area contributed by atoms with E-state index in [4.69, 9.17) is 0 Å². The molecule has 6 heteroatoms. The van der Waals surface area contributed by atoms with E-state index in [2.05, 4.69) is 0 Å². The minimum absolute atomic E-state index is 0.454. The molecular weight excluding hydrogens is 169 g/mol. The predicted molar refractivity (Wildman–Crippen MR) is 32.8 cm³/mol. The SMILES string of the molecule is CN(C)P=C(F)C(F)(F)F. The number of nitrogens with zero attached hydrogens (tertiary/aromatic N) is 1. The molecular formula is C4H6F4NP. The van der Waals surface area contributed by atoms with Crippen LogP contribution in [0, 0.1) is 0 Å². The van der Waals surface area contributed by atoms with Crippen molar-refractivity contribution in [3.8, 4) is 0 Å². The van der Waals surface area contributed by atoms with Gasteiger partial charge in [-0.2, -0.15) is 17.6 Å². The van der Waals surface area contributed by atoms with Crippen molar-refractivity contribution in [2.75, 3.05) is 14.1 Å². The van der Waals surface area contributed by atoms with Gasteiger partial charge in [0.25, 0.3) is 0 Å². The molecule has 60 valence electrons. The first kappa shape index (κ1) is 9.85. The zero-order valence-electron chi connectivity index (χ0n) is 5.41. The van der Waals surface area contributed by atoms with Gasteiger partial charge in [-0.25, -0.2) is 0 Å². The van der Waals surface area contributed by atoms with Gasteiger partial charge in [-0.3, -0.25) is 4.67 Å². The Kier molecular flexibility index (Phi) is 3.25. The second-order valence-corrected chi connectivity index (χ2v) is 3.13. The van der Waals surface area contributed by atoms with E-state index in [1.807, 2.05) is 0 Å². The first-order valence-electron chi connectivity index (χ1n) is 2.32. The third-order valence-corrected chi connectivity index (χ3v) is 1.35. The monoisotopic (exact) mass is 175 g/mol. The van der Waals surface area contributed by atoms with Gasteiger partial charge in [0, 0.05) is 8.35 Å². The summed E-state index contributed by atoms with van der Waals surface area (Å²) in [5.41, 5.74) is -1.99. The van der Waals surface area contributed by atoms with Crippen LogP contribution in [0.3, 0.4) is 0 Å². The van der Waals surface area contributed by atoms with E-state index in [9.17, 15) is 17.6 Å². The predicted octanol–water partition coefficient (Wildman–Crippen LogP) is 2.07. The van der Waals surface area contributed by atoms with Crippen LogP contribution >= 0.6 is 8.35 Å². The van der Waals surface area contributed by atoms with Gasteiger partial charge >= 0.3 is 6.18 Å². The first-order chi connectivity index (χ1) is 4.34. The maximum Gasteiger partial charge on any atom is 0.448 e. The molecule has 0 fully saturated rings. The lowest BCUT2D eigenvalue weighted by atomic mass is 10.8. The Balaban J connectivity index is 4.20. The Labute approximate surface area is 57.5 Å². The van der Waals surface area contributed by atoms with Gasteiger partial charge < -0.3 is 0 Å². The summed E-state index contributed by atoms with van der Waals surface area (Å²) >= 11 is 0. The van der Waals surface area contributed by atoms with Crippen LogP contribution < -0.4 is 0 Å². The number of halogens is 4. The molecule has 0 aromatic rings. The summed E-state index contributed by atoms with van der Waals surface area (Å²) in [6.07, 6.45) is -4.81. The molecule has 10 heavy (non-hydrogen) atoms. The third kappa shape index (κ3) is 3.80. The van der Waals surface area contributed by atoms with Crippen LogP contribution in [0.5, 0.6) is 0 Å². The molecule has 0 saturated carbocycles. The van der Waals surface area contributed by atoms with Crippen molar-refractivity contribution >= 4 is 13.9 Å². The molecule has 0 amide bonds. The Hall–Kier alpha value is -0.150. The Morgan fingerprint density at radius 2 is 1.70 bits per heavy atom. The van der Waals surface area contributed by atoms with Gasteiger partial charge in [-0.15, -0.1) is 0 Å². The third-order valence-electron chi connectivity index (χ3n) is 0.522. The fourth-order valence-corrected chi connectivity index (χ4v) is 0.697. The van der Waals surface area contributed by atoms with Crippen molar-refractivity contribution < 1.29 is 17.6 Å². The summed E-state index contributed by atoms with van der Waals surface area (Å²) in [6, 6.07) is 0. The molecule has 0 aliphatic rings. The van der Waals surface area contributed by atoms with Crippen LogP contribution in [0.4, 0.5) is 17.6 Å². The number of hydrogen-bond acceptors (Lipinski definition) is 1. The molecule has 0 atom stereocenters. The van der Waals surface area contributed by atoms with E-state index in [-0.39, 0.29) is 0 Å². The highest BCUT2D eigenvalue weighted by atomic mass is 31.1. The van der Waals surface area contributed by atoms with Crippen molar-refractivity contribution in [2.24, 2.45) is 0 Å². The second-order valence-electron chi connectivity index (χ2n) is 1.74. The lowest BCUT2D eigenvalue weighted by Gasteiger charge is -2.04. The summed E-state index contributed by atoms with van der Waals surface area (Å²) < 4.78 is 47.1. The van der Waals surface area contributed by atoms with Crippen LogP contribution in [0.1, 0.15) is 0 Å². The number of alkyl halides is 3. The van der Waals surface area contributed by atoms with E-state index in [1.54, 1.807) is 0 Å². The second kappa shape index (κ2) is 3.30. The summed E-state index contributed by atoms with van der Waals surface area (Å²) in [5, 5.41) is 0. The standard InChI is InChI=1S/C4H6F4NP/c1-9(2)10-3(5)4(6,7)8/h1-2H3. The van der Waals surface area contributed by atoms with E-state index >= 15 is 0 Å². The molecule has 0 rings (SSSR count). The molecule has 0 N–H and O–H groups in total. The highest BCUT2D eigenvalue weighted by Crippen LogP contribution is 2.23. The van der Waals surface area contributed by atoms with Crippen LogP contribution in [0.25, 0.3) is 0 Å². The highest BCUT2D eigenvalue weighted by molar-refractivity contribution is 7.37. The van der Waals surface area contributed by atoms with Gasteiger partial charge in [0.05, 0.1) is 0 Å². The van der Waals surface area contributed by atoms with Crippen LogP contribution in [0.2, 0.25) is 0 Å². The normalized spacial score (nSPS) is 14.5. The summed E-state index contributed by atoms with van der Waals surface area (Å²) in [5.74, 6) is 0. The molecule has 0 aliphatic heterocycles. The molecule has 1 nitrogen and oxygen atoms in total. The van der Waals surface area contributed by atoms with E-state index in [0.717, 1.165) is 4.67 Å². The number of hydrogen-bond donors (Lipinski definition) is 0. The molecule has 0 aliphatic carbocycles. The maximum absolute atomic E-state index is 11.9. The van der Waals surface area contributed by atoms with Crippen molar-refractivity contribution in [1.82, 2.24) is 4.67 Å². The van der Waals surface area contributed by atoms with E-state index in [0.29, 0.717) is 0 Å². The molecule has 0 aromatic carbocycles. The Morgan fingerprint density at radius 3 is 1.80 bits per heavy atom. The average Bonchev–Trinajstić information content (AvgIpc) is 1.60. The quantitative estimate of drug-likeness (QED) is 0.435. The maximum atomic E-state index is 11.9. The largest absolute Gasteiger partial charge is 0.448 e. The Bertz CT molecular complexity index is 139. The van der Waals surface area contributed by atoms with Gasteiger partial charge in [-0.05, 0) is 14.1 Å². The first-order valence-corrected chi connectivity index (χ1v) is 3.17. The number of rotatable bonds is 1. The average molecular weight is 175 g/mol. The molecule has 0 saturated heterocycles. The lowest BCUT2D eigenvalue weighted by molar-refractivity contribution is -0.0645. The minimum atomic E-state index is -4.81. The fraction of sp³-hybridized carbons (Fsp3) is 0.750. The van der Waals surface area contributed by atoms with Crippen molar-refractivity contribution in [3.05, 3.63) is 0 Å². The van der Waals surface area contributed by atoms with Gasteiger partial charge in [0.15, 0.2) is 0 Å². The lowest BCUT2D eigenvalue weighted by Crippen LogP contribution is -2.17. The highest BCUT2D eigenvalue weighted by Gasteiger charge is 2.35. The fourth-order valence-electron chi connectivity index (χ4n) is 0.232. The van der Waals surface area contributed by atoms with Gasteiger partial charge in [-0.1, -0.05) is 0 Å². The van der Waals surface area contributed by atoms with Crippen LogP contribution in [0.15, 0.2) is 0 Å². The smallest absolute Gasteiger partial charge is 0.261 e. The summed E-state index contributed by atoms with van der Waals surface area (Å²) in [4.78, 5) is 0. The zero-order chi connectivity index (χ0) is 8.36. The molecule has 0 spiro atoms. The molecule has 0 bridgehead atoms. The summed E-state index contributed by atoms with van der Waals surface area (Å²) in [7, 11) is 2.25. The van der Waals surface area contributed by atoms with Crippen molar-refractivity contribution in [1.29, 1.82) is 0 Å². The molecule has 0 heterocycles. The molecule has 0 radical (unpaired) electrons. The zero-order valence-corrected chi connectivity index (χ0v) is 6.30. The Morgan fingerprint density at radius 1 is 1.30 bits per heavy atom. The van der Waals surface area contributed by atoms with E-state index < -0.39 is 20.1 Å². The molecule has 0 aromatic heterocycles. The summed E-state index contributed by atoms with van der Waals surface area (Å²) in [6.45, 7) is 0. The van der Waals surface area contributed by atoms with Gasteiger partial charge in [0.1, 0.15) is 0 Å². The van der Waals surface area contributed by atoms with Crippen LogP contribution in [-0.4, -0.2) is 30.5 Å². The minimum Gasteiger partial charge on any atom is -0.261 e. The van der Waals surface area contributed by atoms with Crippen molar-refractivity contribution in [3.63, 3.8) is 0 Å². The van der Waals surface area contributed by atoms with Gasteiger partial charge in [0.2, 0.25) is 5.55 Å². The van der Waals surface area contributed by atoms with Crippen LogP contribution in [-0.2, 0) is 0 Å². The topological polar surface area (TPSA) is 3.24 Å². The molecule has 0 unspecified atom stereocenters. The van der Waals surface area contributed by atoms with Crippen molar-refractivity contribution in [2.45, 2.75) is 6.18 Å².